The highest BCUT2D eigenvalue weighted by molar-refractivity contribution is 7.91. The molecule has 146 valence electrons. The second-order valence-electron chi connectivity index (χ2n) is 6.66. The van der Waals surface area contributed by atoms with Gasteiger partial charge in [0.2, 0.25) is 5.91 Å². The van der Waals surface area contributed by atoms with E-state index in [1.54, 1.807) is 17.5 Å². The van der Waals surface area contributed by atoms with E-state index >= 15 is 0 Å². The Hall–Kier alpha value is -1.41. The van der Waals surface area contributed by atoms with E-state index in [-0.39, 0.29) is 24.4 Å². The predicted molar refractivity (Wildman–Crippen MR) is 108 cm³/mol. The first-order valence-electron chi connectivity index (χ1n) is 9.01. The maximum atomic E-state index is 12.8. The Morgan fingerprint density at radius 2 is 2.07 bits per heavy atom. The molecule has 3 rings (SSSR count). The van der Waals surface area contributed by atoms with E-state index in [1.807, 2.05) is 31.2 Å². The average Bonchev–Trinajstić information content (AvgIpc) is 3.22. The summed E-state index contributed by atoms with van der Waals surface area (Å²) in [6.45, 7) is 2.69. The van der Waals surface area contributed by atoms with Crippen molar-refractivity contribution in [2.45, 2.75) is 36.4 Å². The Labute approximate surface area is 169 Å². The molecule has 1 saturated heterocycles. The summed E-state index contributed by atoms with van der Waals surface area (Å²) in [6, 6.07) is 10.7. The molecule has 0 bridgehead atoms. The lowest BCUT2D eigenvalue weighted by atomic mass is 9.97. The molecule has 8 heteroatoms. The largest absolute Gasteiger partial charge is 0.349 e. The number of piperidine rings is 1. The molecule has 27 heavy (non-hydrogen) atoms. The van der Waals surface area contributed by atoms with Crippen molar-refractivity contribution in [3.8, 4) is 0 Å². The van der Waals surface area contributed by atoms with Crippen LogP contribution in [0.2, 0.25) is 5.02 Å². The molecule has 2 heterocycles. The van der Waals surface area contributed by atoms with Crippen molar-refractivity contribution >= 4 is 38.9 Å². The first kappa shape index (κ1) is 20.3. The second-order valence-corrected chi connectivity index (χ2v) is 10.2. The SMILES string of the molecule is CCC(NC(=O)C1CCCN(S(=O)(=O)c2cccs2)C1)c1ccc(Cl)cc1. The van der Waals surface area contributed by atoms with Crippen LogP contribution in [-0.2, 0) is 14.8 Å². The van der Waals surface area contributed by atoms with Gasteiger partial charge in [0.15, 0.2) is 0 Å². The molecular formula is C19H23ClN2O3S2. The van der Waals surface area contributed by atoms with Crippen molar-refractivity contribution in [3.63, 3.8) is 0 Å². The van der Waals surface area contributed by atoms with E-state index in [0.29, 0.717) is 28.6 Å². The van der Waals surface area contributed by atoms with Gasteiger partial charge in [-0.25, -0.2) is 8.42 Å². The van der Waals surface area contributed by atoms with Crippen LogP contribution in [0.1, 0.15) is 37.8 Å². The Balaban J connectivity index is 1.68. The van der Waals surface area contributed by atoms with Gasteiger partial charge in [-0.05, 0) is 48.4 Å². The number of amides is 1. The van der Waals surface area contributed by atoms with Crippen LogP contribution in [0.3, 0.4) is 0 Å². The van der Waals surface area contributed by atoms with Crippen LogP contribution in [0.5, 0.6) is 0 Å². The molecule has 0 spiro atoms. The minimum Gasteiger partial charge on any atom is -0.349 e. The van der Waals surface area contributed by atoms with E-state index in [0.717, 1.165) is 12.0 Å². The van der Waals surface area contributed by atoms with Gasteiger partial charge in [-0.15, -0.1) is 11.3 Å². The molecule has 1 aromatic heterocycles. The zero-order valence-electron chi connectivity index (χ0n) is 15.1. The van der Waals surface area contributed by atoms with Gasteiger partial charge in [-0.2, -0.15) is 4.31 Å². The van der Waals surface area contributed by atoms with Crippen LogP contribution in [0.25, 0.3) is 0 Å². The Kier molecular flexibility index (Phi) is 6.57. The standard InChI is InChI=1S/C19H23ClN2O3S2/c1-2-17(14-7-9-16(20)10-8-14)21-19(23)15-5-3-11-22(13-15)27(24,25)18-6-4-12-26-18/h4,6-10,12,15,17H,2-3,5,11,13H2,1H3,(H,21,23). The number of carbonyl (C=O) groups excluding carboxylic acids is 1. The third kappa shape index (κ3) is 4.71. The fraction of sp³-hybridized carbons (Fsp3) is 0.421. The topological polar surface area (TPSA) is 66.5 Å². The van der Waals surface area contributed by atoms with E-state index in [4.69, 9.17) is 11.6 Å². The third-order valence-corrected chi connectivity index (χ3v) is 8.33. The summed E-state index contributed by atoms with van der Waals surface area (Å²) in [5.74, 6) is -0.433. The molecule has 0 radical (unpaired) electrons. The number of carbonyl (C=O) groups is 1. The van der Waals surface area contributed by atoms with E-state index < -0.39 is 10.0 Å². The first-order chi connectivity index (χ1) is 12.9. The third-order valence-electron chi connectivity index (χ3n) is 4.84. The number of sulfonamides is 1. The maximum absolute atomic E-state index is 12.8. The number of thiophene rings is 1. The zero-order valence-corrected chi connectivity index (χ0v) is 17.5. The van der Waals surface area contributed by atoms with Crippen LogP contribution in [0.4, 0.5) is 0 Å². The smallest absolute Gasteiger partial charge is 0.252 e. The van der Waals surface area contributed by atoms with Crippen molar-refractivity contribution in [2.75, 3.05) is 13.1 Å². The fourth-order valence-corrected chi connectivity index (χ4v) is 6.11. The van der Waals surface area contributed by atoms with Crippen LogP contribution in [-0.4, -0.2) is 31.7 Å². The van der Waals surface area contributed by atoms with Gasteiger partial charge < -0.3 is 5.32 Å². The highest BCUT2D eigenvalue weighted by Gasteiger charge is 2.34. The molecule has 1 aliphatic heterocycles. The summed E-state index contributed by atoms with van der Waals surface area (Å²) in [5, 5.41) is 5.48. The highest BCUT2D eigenvalue weighted by atomic mass is 35.5. The number of rotatable bonds is 6. The van der Waals surface area contributed by atoms with Crippen molar-refractivity contribution in [1.29, 1.82) is 0 Å². The summed E-state index contributed by atoms with van der Waals surface area (Å²) < 4.78 is 27.3. The zero-order chi connectivity index (χ0) is 19.4. The molecule has 1 aliphatic rings. The molecule has 2 atom stereocenters. The second kappa shape index (κ2) is 8.73. The lowest BCUT2D eigenvalue weighted by molar-refractivity contribution is -0.126. The number of nitrogens with one attached hydrogen (secondary N) is 1. The van der Waals surface area contributed by atoms with Crippen LogP contribution in [0, 0.1) is 5.92 Å². The van der Waals surface area contributed by atoms with Crippen molar-refractivity contribution in [2.24, 2.45) is 5.92 Å². The van der Waals surface area contributed by atoms with E-state index in [1.165, 1.54) is 15.6 Å². The van der Waals surface area contributed by atoms with Crippen molar-refractivity contribution in [3.05, 3.63) is 52.4 Å². The molecule has 0 saturated carbocycles. The summed E-state index contributed by atoms with van der Waals surface area (Å²) >= 11 is 7.14. The molecule has 0 aliphatic carbocycles. The van der Waals surface area contributed by atoms with Gasteiger partial charge in [0, 0.05) is 18.1 Å². The summed E-state index contributed by atoms with van der Waals surface area (Å²) in [5.41, 5.74) is 0.995. The molecule has 1 fully saturated rings. The minimum atomic E-state index is -3.52. The minimum absolute atomic E-state index is 0.0946. The van der Waals surface area contributed by atoms with Gasteiger partial charge in [-0.1, -0.05) is 36.7 Å². The van der Waals surface area contributed by atoms with Crippen molar-refractivity contribution in [1.82, 2.24) is 9.62 Å². The Bertz CT molecular complexity index is 867. The van der Waals surface area contributed by atoms with E-state index in [2.05, 4.69) is 5.32 Å². The summed E-state index contributed by atoms with van der Waals surface area (Å²) in [7, 11) is -3.52. The first-order valence-corrected chi connectivity index (χ1v) is 11.7. The number of benzene rings is 1. The molecule has 1 amide bonds. The van der Waals surface area contributed by atoms with Crippen molar-refractivity contribution < 1.29 is 13.2 Å². The highest BCUT2D eigenvalue weighted by Crippen LogP contribution is 2.27. The number of halogens is 1. The Morgan fingerprint density at radius 1 is 1.33 bits per heavy atom. The van der Waals surface area contributed by atoms with Gasteiger partial charge >= 0.3 is 0 Å². The predicted octanol–water partition coefficient (Wildman–Crippen LogP) is 4.07. The van der Waals surface area contributed by atoms with Crippen LogP contribution < -0.4 is 5.32 Å². The quantitative estimate of drug-likeness (QED) is 0.757. The maximum Gasteiger partial charge on any atom is 0.252 e. The molecular weight excluding hydrogens is 404 g/mol. The van der Waals surface area contributed by atoms with Gasteiger partial charge in [0.1, 0.15) is 4.21 Å². The molecule has 2 unspecified atom stereocenters. The van der Waals surface area contributed by atoms with Gasteiger partial charge in [-0.3, -0.25) is 4.79 Å². The number of nitrogens with zero attached hydrogens (tertiary/aromatic N) is 1. The normalized spacial score (nSPS) is 19.6. The van der Waals surface area contributed by atoms with Crippen LogP contribution >= 0.6 is 22.9 Å². The molecule has 5 nitrogen and oxygen atoms in total. The molecule has 1 N–H and O–H groups in total. The summed E-state index contributed by atoms with van der Waals surface area (Å²) in [4.78, 5) is 12.8. The van der Waals surface area contributed by atoms with Gasteiger partial charge in [0.05, 0.1) is 12.0 Å². The lowest BCUT2D eigenvalue weighted by Crippen LogP contribution is -2.45. The fourth-order valence-electron chi connectivity index (χ4n) is 3.32. The Morgan fingerprint density at radius 3 is 2.70 bits per heavy atom. The van der Waals surface area contributed by atoms with Gasteiger partial charge in [0.25, 0.3) is 10.0 Å². The van der Waals surface area contributed by atoms with Crippen LogP contribution in [0.15, 0.2) is 46.0 Å². The monoisotopic (exact) mass is 426 g/mol. The summed E-state index contributed by atoms with van der Waals surface area (Å²) in [6.07, 6.45) is 2.12. The molecule has 1 aromatic carbocycles. The number of hydrogen-bond donors (Lipinski definition) is 1. The molecule has 2 aromatic rings. The average molecular weight is 427 g/mol. The van der Waals surface area contributed by atoms with E-state index in [9.17, 15) is 13.2 Å². The lowest BCUT2D eigenvalue weighted by Gasteiger charge is -2.31. The number of hydrogen-bond acceptors (Lipinski definition) is 4.